The standard InChI is InChI=1S/C32H37F3N6O2/c1-20-23-7-5-8-25(27(23)33)32(34,35)21-9-14-40(15-10-21)13-4-2-3-6-22(17-42)41-29-24(28(39-20)37-19-38-29)16-26(30(41)43)31(18-36)11-12-31/h5,7-8,16,19-22,42H,2-4,6,9-15,17H2,1H3,(H,37,38,39)/t20-,22?/m1/s1. The molecule has 2 aromatic heterocycles. The molecule has 11 heteroatoms. The Kier molecular flexibility index (Phi) is 7.94. The lowest BCUT2D eigenvalue weighted by Gasteiger charge is -2.36. The molecule has 2 fully saturated rings. The summed E-state index contributed by atoms with van der Waals surface area (Å²) in [6, 6.07) is 6.75. The summed E-state index contributed by atoms with van der Waals surface area (Å²) in [5, 5.41) is 24.1. The number of halogens is 3. The highest BCUT2D eigenvalue weighted by Gasteiger charge is 2.48. The van der Waals surface area contributed by atoms with Crippen LogP contribution in [-0.2, 0) is 11.3 Å². The van der Waals surface area contributed by atoms with Crippen molar-refractivity contribution >= 4 is 16.9 Å². The van der Waals surface area contributed by atoms with Crippen molar-refractivity contribution in [2.24, 2.45) is 5.92 Å². The second kappa shape index (κ2) is 11.5. The van der Waals surface area contributed by atoms with Crippen LogP contribution in [0, 0.1) is 23.1 Å². The van der Waals surface area contributed by atoms with E-state index in [4.69, 9.17) is 0 Å². The van der Waals surface area contributed by atoms with E-state index in [0.717, 1.165) is 25.8 Å². The fraction of sp³-hybridized carbons (Fsp3) is 0.562. The zero-order valence-corrected chi connectivity index (χ0v) is 24.3. The first-order valence-electron chi connectivity index (χ1n) is 15.3. The predicted molar refractivity (Wildman–Crippen MR) is 156 cm³/mol. The van der Waals surface area contributed by atoms with Gasteiger partial charge in [-0.1, -0.05) is 31.0 Å². The van der Waals surface area contributed by atoms with E-state index >= 15 is 13.2 Å². The van der Waals surface area contributed by atoms with E-state index in [0.29, 0.717) is 61.8 Å². The van der Waals surface area contributed by atoms with Crippen molar-refractivity contribution in [2.75, 3.05) is 31.6 Å². The summed E-state index contributed by atoms with van der Waals surface area (Å²) in [5.74, 6) is -4.91. The third-order valence-electron chi connectivity index (χ3n) is 9.70. The number of hydrogen-bond donors (Lipinski definition) is 2. The Morgan fingerprint density at radius 2 is 1.86 bits per heavy atom. The van der Waals surface area contributed by atoms with Gasteiger partial charge in [-0.05, 0) is 71.1 Å². The van der Waals surface area contributed by atoms with Crippen molar-refractivity contribution in [3.05, 3.63) is 63.5 Å². The maximum atomic E-state index is 15.9. The first kappa shape index (κ1) is 29.6. The first-order chi connectivity index (χ1) is 20.7. The van der Waals surface area contributed by atoms with Crippen molar-refractivity contribution < 1.29 is 18.3 Å². The van der Waals surface area contributed by atoms with E-state index in [1.807, 2.05) is 0 Å². The van der Waals surface area contributed by atoms with Gasteiger partial charge >= 0.3 is 0 Å². The van der Waals surface area contributed by atoms with Gasteiger partial charge in [0.1, 0.15) is 23.6 Å². The molecule has 5 heterocycles. The van der Waals surface area contributed by atoms with Crippen LogP contribution in [-0.4, -0.2) is 50.8 Å². The number of aliphatic hydroxyl groups excluding tert-OH is 1. The zero-order valence-electron chi connectivity index (χ0n) is 24.3. The van der Waals surface area contributed by atoms with Gasteiger partial charge in [0, 0.05) is 17.0 Å². The number of piperidine rings is 1. The Bertz CT molecular complexity index is 1610. The fourth-order valence-corrected chi connectivity index (χ4v) is 6.86. The van der Waals surface area contributed by atoms with E-state index in [2.05, 4.69) is 26.3 Å². The molecule has 3 aliphatic heterocycles. The summed E-state index contributed by atoms with van der Waals surface area (Å²) >= 11 is 0. The number of nitrogens with zero attached hydrogens (tertiary/aromatic N) is 5. The third kappa shape index (κ3) is 5.29. The number of nitrogens with one attached hydrogen (secondary N) is 1. The molecule has 4 aliphatic rings. The van der Waals surface area contributed by atoms with Crippen LogP contribution in [0.15, 0.2) is 35.4 Å². The van der Waals surface area contributed by atoms with Crippen LogP contribution in [0.3, 0.4) is 0 Å². The highest BCUT2D eigenvalue weighted by atomic mass is 19.3. The van der Waals surface area contributed by atoms with Crippen molar-refractivity contribution in [1.82, 2.24) is 19.4 Å². The number of anilines is 1. The summed E-state index contributed by atoms with van der Waals surface area (Å²) in [5.41, 5.74) is -1.16. The van der Waals surface area contributed by atoms with E-state index in [1.165, 1.54) is 29.1 Å². The molecule has 228 valence electrons. The molecule has 0 radical (unpaired) electrons. The molecule has 8 bridgehead atoms. The molecule has 3 aromatic rings. The highest BCUT2D eigenvalue weighted by molar-refractivity contribution is 5.87. The smallest absolute Gasteiger partial charge is 0.278 e. The molecule has 1 unspecified atom stereocenters. The van der Waals surface area contributed by atoms with Gasteiger partial charge in [0.2, 0.25) is 0 Å². The molecule has 1 saturated carbocycles. The van der Waals surface area contributed by atoms with Crippen LogP contribution in [0.4, 0.5) is 19.0 Å². The summed E-state index contributed by atoms with van der Waals surface area (Å²) in [4.78, 5) is 24.9. The van der Waals surface area contributed by atoms with Crippen molar-refractivity contribution in [3.63, 3.8) is 0 Å². The Balaban J connectivity index is 1.49. The molecule has 2 atom stereocenters. The average molecular weight is 595 g/mol. The Hall–Kier alpha value is -3.49. The number of nitriles is 1. The lowest BCUT2D eigenvalue weighted by atomic mass is 9.85. The number of alkyl halides is 2. The van der Waals surface area contributed by atoms with Gasteiger partial charge in [-0.2, -0.15) is 5.26 Å². The van der Waals surface area contributed by atoms with Crippen LogP contribution < -0.4 is 10.9 Å². The fourth-order valence-electron chi connectivity index (χ4n) is 6.86. The number of hydrogen-bond acceptors (Lipinski definition) is 7. The van der Waals surface area contributed by atoms with E-state index < -0.39 is 40.7 Å². The normalized spacial score (nSPS) is 26.9. The van der Waals surface area contributed by atoms with Crippen LogP contribution in [0.1, 0.15) is 87.1 Å². The monoisotopic (exact) mass is 594 g/mol. The molecular weight excluding hydrogens is 557 g/mol. The maximum Gasteiger partial charge on any atom is 0.278 e. The Morgan fingerprint density at radius 1 is 1.09 bits per heavy atom. The van der Waals surface area contributed by atoms with Gasteiger partial charge in [-0.3, -0.25) is 9.36 Å². The van der Waals surface area contributed by atoms with Crippen molar-refractivity contribution in [3.8, 4) is 6.07 Å². The van der Waals surface area contributed by atoms with Gasteiger partial charge in [0.25, 0.3) is 11.5 Å². The van der Waals surface area contributed by atoms with Gasteiger partial charge < -0.3 is 15.3 Å². The molecule has 0 spiro atoms. The second-order valence-corrected chi connectivity index (χ2v) is 12.4. The minimum Gasteiger partial charge on any atom is -0.394 e. The number of fused-ring (bicyclic) bond motifs is 8. The average Bonchev–Trinajstić information content (AvgIpc) is 3.80. The third-order valence-corrected chi connectivity index (χ3v) is 9.70. The molecule has 8 nitrogen and oxygen atoms in total. The largest absolute Gasteiger partial charge is 0.394 e. The molecule has 1 aliphatic carbocycles. The minimum atomic E-state index is -3.31. The Morgan fingerprint density at radius 3 is 2.56 bits per heavy atom. The summed E-state index contributed by atoms with van der Waals surface area (Å²) in [6.07, 6.45) is 5.95. The van der Waals surface area contributed by atoms with Crippen molar-refractivity contribution in [1.29, 1.82) is 5.26 Å². The molecule has 0 amide bonds. The van der Waals surface area contributed by atoms with E-state index in [9.17, 15) is 15.2 Å². The molecule has 1 saturated heterocycles. The molecule has 1 aromatic carbocycles. The molecule has 43 heavy (non-hydrogen) atoms. The van der Waals surface area contributed by atoms with E-state index in [1.54, 1.807) is 13.0 Å². The van der Waals surface area contributed by atoms with Crippen molar-refractivity contribution in [2.45, 2.75) is 81.7 Å². The van der Waals surface area contributed by atoms with Crippen LogP contribution in [0.5, 0.6) is 0 Å². The summed E-state index contributed by atoms with van der Waals surface area (Å²) in [6.45, 7) is 3.23. The first-order valence-corrected chi connectivity index (χ1v) is 15.3. The van der Waals surface area contributed by atoms with Crippen LogP contribution in [0.25, 0.3) is 11.0 Å². The quantitative estimate of drug-likeness (QED) is 0.400. The number of benzene rings is 1. The van der Waals surface area contributed by atoms with Gasteiger partial charge in [-0.15, -0.1) is 0 Å². The number of aromatic nitrogens is 3. The maximum absolute atomic E-state index is 15.9. The van der Waals surface area contributed by atoms with E-state index in [-0.39, 0.29) is 23.5 Å². The zero-order chi connectivity index (χ0) is 30.4. The number of pyridine rings is 1. The Labute approximate surface area is 248 Å². The topological polar surface area (TPSA) is 107 Å². The SMILES string of the molecule is C[C@H]1Nc2ncnc3c2cc(C2(C#N)CC2)c(=O)n3C(CO)CCCCCN2CCC(CC2)C(F)(F)c2cccc1c2F. The summed E-state index contributed by atoms with van der Waals surface area (Å²) < 4.78 is 49.0. The van der Waals surface area contributed by atoms with Gasteiger partial charge in [0.05, 0.1) is 41.1 Å². The second-order valence-electron chi connectivity index (χ2n) is 12.4. The summed E-state index contributed by atoms with van der Waals surface area (Å²) in [7, 11) is 0. The predicted octanol–water partition coefficient (Wildman–Crippen LogP) is 5.57. The molecule has 7 rings (SSSR count). The highest BCUT2D eigenvalue weighted by Crippen LogP contribution is 2.47. The molecule has 2 N–H and O–H groups in total. The minimum absolute atomic E-state index is 0.0771. The molecular formula is C32H37F3N6O2. The van der Waals surface area contributed by atoms with Crippen LogP contribution in [0.2, 0.25) is 0 Å². The van der Waals surface area contributed by atoms with Gasteiger partial charge in [0.15, 0.2) is 0 Å². The van der Waals surface area contributed by atoms with Gasteiger partial charge in [-0.25, -0.2) is 23.1 Å². The van der Waals surface area contributed by atoms with Crippen LogP contribution >= 0.6 is 0 Å². The lowest BCUT2D eigenvalue weighted by molar-refractivity contribution is -0.0880. The number of aliphatic hydroxyl groups is 1. The lowest BCUT2D eigenvalue weighted by Crippen LogP contribution is -2.40. The number of rotatable bonds is 2.